The highest BCUT2D eigenvalue weighted by atomic mass is 35.5. The van der Waals surface area contributed by atoms with Crippen molar-refractivity contribution in [2.75, 3.05) is 5.32 Å². The molecule has 4 nitrogen and oxygen atoms in total. The molecule has 0 amide bonds. The van der Waals surface area contributed by atoms with E-state index in [1.807, 2.05) is 31.2 Å². The summed E-state index contributed by atoms with van der Waals surface area (Å²) in [5.41, 5.74) is 0.832. The van der Waals surface area contributed by atoms with E-state index in [0.717, 1.165) is 17.2 Å². The van der Waals surface area contributed by atoms with Crippen LogP contribution >= 0.6 is 11.6 Å². The second-order valence-corrected chi connectivity index (χ2v) is 5.85. The van der Waals surface area contributed by atoms with Crippen molar-refractivity contribution in [2.24, 2.45) is 0 Å². The lowest BCUT2D eigenvalue weighted by Crippen LogP contribution is -2.11. The first-order chi connectivity index (χ1) is 11.8. The second kappa shape index (κ2) is 6.76. The summed E-state index contributed by atoms with van der Waals surface area (Å²) in [4.78, 5) is 0. The van der Waals surface area contributed by atoms with Gasteiger partial charge in [0, 0.05) is 16.3 Å². The van der Waals surface area contributed by atoms with Gasteiger partial charge in [0.25, 0.3) is 0 Å². The molecule has 0 unspecified atom stereocenters. The van der Waals surface area contributed by atoms with E-state index in [4.69, 9.17) is 16.0 Å². The molecule has 1 N–H and O–H groups in total. The van der Waals surface area contributed by atoms with Gasteiger partial charge in [-0.1, -0.05) is 29.3 Å². The van der Waals surface area contributed by atoms with Crippen LogP contribution in [-0.4, -0.2) is 10.2 Å². The number of rotatable bonds is 4. The van der Waals surface area contributed by atoms with Crippen LogP contribution in [0.25, 0.3) is 11.5 Å². The van der Waals surface area contributed by atoms with Crippen molar-refractivity contribution >= 4 is 17.3 Å². The highest BCUT2D eigenvalue weighted by molar-refractivity contribution is 6.30. The van der Waals surface area contributed by atoms with Gasteiger partial charge in [-0.3, -0.25) is 0 Å². The molecule has 0 aliphatic rings. The Morgan fingerprint density at radius 1 is 1.12 bits per heavy atom. The largest absolute Gasteiger partial charge is 0.419 e. The molecular weight excluding hydrogens is 355 g/mol. The molecular formula is C17H13ClF3N3O. The van der Waals surface area contributed by atoms with Crippen molar-refractivity contribution in [1.82, 2.24) is 10.2 Å². The molecule has 8 heteroatoms. The summed E-state index contributed by atoms with van der Waals surface area (Å²) in [6.45, 7) is 1.89. The van der Waals surface area contributed by atoms with E-state index in [9.17, 15) is 13.2 Å². The first kappa shape index (κ1) is 17.3. The normalized spacial score (nSPS) is 11.6. The van der Waals surface area contributed by atoms with E-state index < -0.39 is 11.7 Å². The molecule has 0 radical (unpaired) electrons. The average molecular weight is 368 g/mol. The van der Waals surface area contributed by atoms with Gasteiger partial charge in [0.15, 0.2) is 0 Å². The van der Waals surface area contributed by atoms with Gasteiger partial charge < -0.3 is 9.73 Å². The van der Waals surface area contributed by atoms with Crippen LogP contribution in [-0.2, 0) is 12.7 Å². The molecule has 1 aromatic heterocycles. The SMILES string of the molecule is Cc1cccc(-c2nnc(CNc3ccc(Cl)cc3C(F)(F)F)o2)c1. The highest BCUT2D eigenvalue weighted by Crippen LogP contribution is 2.36. The van der Waals surface area contributed by atoms with Gasteiger partial charge >= 0.3 is 6.18 Å². The average Bonchev–Trinajstić information content (AvgIpc) is 3.02. The highest BCUT2D eigenvalue weighted by Gasteiger charge is 2.33. The third kappa shape index (κ3) is 4.11. The van der Waals surface area contributed by atoms with E-state index in [-0.39, 0.29) is 23.1 Å². The molecule has 25 heavy (non-hydrogen) atoms. The third-order valence-corrected chi connectivity index (χ3v) is 3.68. The van der Waals surface area contributed by atoms with Crippen LogP contribution in [0.5, 0.6) is 0 Å². The zero-order valence-corrected chi connectivity index (χ0v) is 13.8. The maximum Gasteiger partial charge on any atom is 0.418 e. The molecule has 0 atom stereocenters. The van der Waals surface area contributed by atoms with Crippen LogP contribution in [0.2, 0.25) is 5.02 Å². The predicted octanol–water partition coefficient (Wildman–Crippen LogP) is 5.33. The summed E-state index contributed by atoms with van der Waals surface area (Å²) in [6, 6.07) is 11.0. The van der Waals surface area contributed by atoms with Crippen molar-refractivity contribution in [3.8, 4) is 11.5 Å². The maximum atomic E-state index is 13.1. The monoisotopic (exact) mass is 367 g/mol. The Hall–Kier alpha value is -2.54. The number of benzene rings is 2. The molecule has 0 aliphatic carbocycles. The number of nitrogens with zero attached hydrogens (tertiary/aromatic N) is 2. The molecule has 0 aliphatic heterocycles. The Kier molecular flexibility index (Phi) is 4.67. The van der Waals surface area contributed by atoms with Gasteiger partial charge in [-0.15, -0.1) is 10.2 Å². The zero-order valence-electron chi connectivity index (χ0n) is 13.1. The number of hydrogen-bond acceptors (Lipinski definition) is 4. The first-order valence-corrected chi connectivity index (χ1v) is 7.71. The number of anilines is 1. The fourth-order valence-electron chi connectivity index (χ4n) is 2.30. The fourth-order valence-corrected chi connectivity index (χ4v) is 2.47. The summed E-state index contributed by atoms with van der Waals surface area (Å²) in [5.74, 6) is 0.493. The summed E-state index contributed by atoms with van der Waals surface area (Å²) >= 11 is 5.66. The first-order valence-electron chi connectivity index (χ1n) is 7.33. The molecule has 3 aromatic rings. The van der Waals surface area contributed by atoms with Crippen molar-refractivity contribution in [2.45, 2.75) is 19.6 Å². The minimum Gasteiger partial charge on any atom is -0.419 e. The number of nitrogens with one attached hydrogen (secondary N) is 1. The molecule has 130 valence electrons. The van der Waals surface area contributed by atoms with Gasteiger partial charge in [0.05, 0.1) is 12.1 Å². The van der Waals surface area contributed by atoms with Crippen LogP contribution in [0.1, 0.15) is 17.0 Å². The van der Waals surface area contributed by atoms with Crippen molar-refractivity contribution in [1.29, 1.82) is 0 Å². The summed E-state index contributed by atoms with van der Waals surface area (Å²) in [5, 5.41) is 10.5. The fraction of sp³-hybridized carbons (Fsp3) is 0.176. The minimum atomic E-state index is -4.52. The van der Waals surface area contributed by atoms with Crippen LogP contribution in [0.3, 0.4) is 0 Å². The number of alkyl halides is 3. The van der Waals surface area contributed by atoms with E-state index in [1.165, 1.54) is 12.1 Å². The molecule has 0 saturated heterocycles. The van der Waals surface area contributed by atoms with Crippen LogP contribution in [0.4, 0.5) is 18.9 Å². The number of halogens is 4. The molecule has 0 saturated carbocycles. The molecule has 0 fully saturated rings. The summed E-state index contributed by atoms with van der Waals surface area (Å²) in [6.07, 6.45) is -4.52. The standard InChI is InChI=1S/C17H13ClF3N3O/c1-10-3-2-4-11(7-10)16-24-23-15(25-16)9-22-14-6-5-12(18)8-13(14)17(19,20)21/h2-8,22H,9H2,1H3. The Morgan fingerprint density at radius 2 is 1.92 bits per heavy atom. The van der Waals surface area contributed by atoms with Crippen LogP contribution in [0.15, 0.2) is 46.9 Å². The smallest absolute Gasteiger partial charge is 0.418 e. The number of hydrogen-bond donors (Lipinski definition) is 1. The maximum absolute atomic E-state index is 13.1. The second-order valence-electron chi connectivity index (χ2n) is 5.41. The van der Waals surface area contributed by atoms with Gasteiger partial charge in [-0.05, 0) is 37.3 Å². The lowest BCUT2D eigenvalue weighted by atomic mass is 10.1. The van der Waals surface area contributed by atoms with Gasteiger partial charge in [-0.2, -0.15) is 13.2 Å². The topological polar surface area (TPSA) is 51.0 Å². The molecule has 2 aromatic carbocycles. The Bertz CT molecular complexity index is 893. The number of aromatic nitrogens is 2. The van der Waals surface area contributed by atoms with Gasteiger partial charge in [0.2, 0.25) is 11.8 Å². The van der Waals surface area contributed by atoms with Crippen LogP contribution in [0, 0.1) is 6.92 Å². The molecule has 0 spiro atoms. The zero-order chi connectivity index (χ0) is 18.0. The van der Waals surface area contributed by atoms with E-state index >= 15 is 0 Å². The molecule has 1 heterocycles. The summed E-state index contributed by atoms with van der Waals surface area (Å²) < 4.78 is 44.7. The lowest BCUT2D eigenvalue weighted by Gasteiger charge is -2.13. The Balaban J connectivity index is 1.77. The lowest BCUT2D eigenvalue weighted by molar-refractivity contribution is -0.137. The van der Waals surface area contributed by atoms with E-state index in [0.29, 0.717) is 5.89 Å². The molecule has 3 rings (SSSR count). The Labute approximate surface area is 146 Å². The van der Waals surface area contributed by atoms with Crippen molar-refractivity contribution in [3.63, 3.8) is 0 Å². The summed E-state index contributed by atoms with van der Waals surface area (Å²) in [7, 11) is 0. The number of aryl methyl sites for hydroxylation is 1. The van der Waals surface area contributed by atoms with Crippen molar-refractivity contribution in [3.05, 3.63) is 64.5 Å². The predicted molar refractivity (Wildman–Crippen MR) is 88.3 cm³/mol. The minimum absolute atomic E-state index is 0.0115. The quantitative estimate of drug-likeness (QED) is 0.677. The van der Waals surface area contributed by atoms with Crippen LogP contribution < -0.4 is 5.32 Å². The van der Waals surface area contributed by atoms with Crippen molar-refractivity contribution < 1.29 is 17.6 Å². The van der Waals surface area contributed by atoms with Gasteiger partial charge in [-0.25, -0.2) is 0 Å². The third-order valence-electron chi connectivity index (χ3n) is 3.45. The van der Waals surface area contributed by atoms with Gasteiger partial charge in [0.1, 0.15) is 0 Å². The Morgan fingerprint density at radius 3 is 2.64 bits per heavy atom. The molecule has 0 bridgehead atoms. The van der Waals surface area contributed by atoms with E-state index in [1.54, 1.807) is 0 Å². The van der Waals surface area contributed by atoms with E-state index in [2.05, 4.69) is 15.5 Å².